The van der Waals surface area contributed by atoms with E-state index in [1.165, 1.54) is 141 Å². The maximum Gasteiger partial charge on any atom is 0.238 e. The molecule has 0 atom stereocenters. The van der Waals surface area contributed by atoms with E-state index < -0.39 is 0 Å². The fraction of sp³-hybridized carbons (Fsp3) is 0.0189. The Hall–Kier alpha value is -16.1. The quantitative estimate of drug-likeness (QED) is 0.0848. The molecule has 17 aromatic carbocycles. The number of para-hydroxylation sites is 2. The molecule has 0 saturated heterocycles. The van der Waals surface area contributed by atoms with Crippen LogP contribution >= 0.6 is 0 Å². The lowest BCUT2D eigenvalue weighted by atomic mass is 9.89. The van der Waals surface area contributed by atoms with Gasteiger partial charge in [-0.1, -0.05) is 200 Å². The number of anilines is 9. The van der Waals surface area contributed by atoms with Crippen molar-refractivity contribution in [3.8, 4) is 33.4 Å². The Morgan fingerprint density at radius 1 is 0.193 bits per heavy atom. The van der Waals surface area contributed by atoms with Crippen molar-refractivity contribution in [3.63, 3.8) is 0 Å². The van der Waals surface area contributed by atoms with Crippen LogP contribution in [0.5, 0.6) is 0 Å². The van der Waals surface area contributed by atoms with Crippen molar-refractivity contribution >= 4 is 181 Å². The van der Waals surface area contributed by atoms with Crippen LogP contribution < -0.4 is 14.7 Å². The molecule has 0 fully saturated rings. The number of benzene rings is 17. The molecule has 24 rings (SSSR count). The highest BCUT2D eigenvalue weighted by molar-refractivity contribution is 6.33. The molecule has 0 aliphatic carbocycles. The van der Waals surface area contributed by atoms with Gasteiger partial charge in [0.2, 0.25) is 11.9 Å². The highest BCUT2D eigenvalue weighted by atomic mass is 15.3. The predicted molar refractivity (Wildman–Crippen MR) is 491 cm³/mol. The molecule has 0 aliphatic heterocycles. The number of hydrogen-bond donors (Lipinski definition) is 0. The van der Waals surface area contributed by atoms with Crippen LogP contribution in [0.3, 0.4) is 0 Å². The lowest BCUT2D eigenvalue weighted by Gasteiger charge is -2.25. The van der Waals surface area contributed by atoms with Gasteiger partial charge in [0, 0.05) is 128 Å². The van der Waals surface area contributed by atoms with Crippen LogP contribution in [0.15, 0.2) is 383 Å². The fourth-order valence-corrected chi connectivity index (χ4v) is 17.8. The Labute approximate surface area is 683 Å². The number of hydrogen-bond acceptors (Lipinski definition) is 13. The van der Waals surface area contributed by atoms with E-state index in [0.29, 0.717) is 23.5 Å². The summed E-state index contributed by atoms with van der Waals surface area (Å²) in [5.41, 5.74) is 17.5. The first-order valence-corrected chi connectivity index (χ1v) is 39.8. The summed E-state index contributed by atoms with van der Waals surface area (Å²) in [5.74, 6) is 2.64. The molecular formula is C106H69N13. The van der Waals surface area contributed by atoms with Gasteiger partial charge in [0.25, 0.3) is 0 Å². The minimum absolute atomic E-state index is 0.609. The molecule has 0 N–H and O–H groups in total. The summed E-state index contributed by atoms with van der Waals surface area (Å²) in [6.07, 6.45) is 16.5. The van der Waals surface area contributed by atoms with Crippen molar-refractivity contribution in [1.82, 2.24) is 49.8 Å². The first kappa shape index (κ1) is 69.6. The average molecular weight is 1520 g/mol. The van der Waals surface area contributed by atoms with Crippen molar-refractivity contribution in [2.45, 2.75) is 13.8 Å². The molecule has 0 spiro atoms. The van der Waals surface area contributed by atoms with E-state index in [2.05, 4.69) is 292 Å². The van der Waals surface area contributed by atoms with E-state index in [1.54, 1.807) is 12.4 Å². The average Bonchev–Trinajstić information content (AvgIpc) is 0.730. The van der Waals surface area contributed by atoms with Gasteiger partial charge in [-0.3, -0.25) is 34.7 Å². The van der Waals surface area contributed by atoms with E-state index in [-0.39, 0.29) is 0 Å². The van der Waals surface area contributed by atoms with Gasteiger partial charge in [0.15, 0.2) is 0 Å². The zero-order valence-electron chi connectivity index (χ0n) is 64.7. The Morgan fingerprint density at radius 3 is 0.857 bits per heavy atom. The zero-order chi connectivity index (χ0) is 79.0. The van der Waals surface area contributed by atoms with Crippen molar-refractivity contribution in [2.75, 3.05) is 14.7 Å². The smallest absolute Gasteiger partial charge is 0.238 e. The van der Waals surface area contributed by atoms with Crippen molar-refractivity contribution in [2.24, 2.45) is 0 Å². The third-order valence-corrected chi connectivity index (χ3v) is 23.0. The fourth-order valence-electron chi connectivity index (χ4n) is 17.8. The third-order valence-electron chi connectivity index (χ3n) is 23.0. The van der Waals surface area contributed by atoms with Crippen LogP contribution in [0.4, 0.5) is 51.7 Å². The number of aromatic nitrogens is 10. The molecular weight excluding hydrogens is 1460 g/mol. The second-order valence-electron chi connectivity index (χ2n) is 30.0. The Kier molecular flexibility index (Phi) is 17.0. The summed E-state index contributed by atoms with van der Waals surface area (Å²) >= 11 is 0. The molecule has 7 aromatic heterocycles. The van der Waals surface area contributed by atoms with Crippen LogP contribution in [0.2, 0.25) is 0 Å². The van der Waals surface area contributed by atoms with Crippen LogP contribution in [0, 0.1) is 13.8 Å². The minimum atomic E-state index is 0.609. The molecule has 7 heterocycles. The van der Waals surface area contributed by atoms with Gasteiger partial charge in [-0.15, -0.1) is 0 Å². The molecule has 119 heavy (non-hydrogen) atoms. The maximum absolute atomic E-state index is 4.74. The number of pyridine rings is 5. The number of nitrogens with zero attached hydrogens (tertiary/aromatic N) is 13. The Bertz CT molecular complexity index is 7520. The normalized spacial score (nSPS) is 11.6. The second-order valence-corrected chi connectivity index (χ2v) is 30.0. The lowest BCUT2D eigenvalue weighted by Crippen LogP contribution is -2.15. The second kappa shape index (κ2) is 29.1. The zero-order valence-corrected chi connectivity index (χ0v) is 64.7. The summed E-state index contributed by atoms with van der Waals surface area (Å²) in [6.45, 7) is 3.80. The van der Waals surface area contributed by atoms with Crippen molar-refractivity contribution < 1.29 is 0 Å². The van der Waals surface area contributed by atoms with E-state index in [0.717, 1.165) is 61.9 Å². The van der Waals surface area contributed by atoms with E-state index >= 15 is 0 Å². The topological polar surface area (TPSA) is 139 Å². The van der Waals surface area contributed by atoms with E-state index in [4.69, 9.17) is 15.0 Å². The largest absolute Gasteiger partial charge is 0.310 e. The van der Waals surface area contributed by atoms with Gasteiger partial charge >= 0.3 is 0 Å². The van der Waals surface area contributed by atoms with Crippen molar-refractivity contribution in [1.29, 1.82) is 0 Å². The Balaban J connectivity index is 0.000000107. The van der Waals surface area contributed by atoms with Crippen molar-refractivity contribution in [3.05, 3.63) is 395 Å². The van der Waals surface area contributed by atoms with Crippen LogP contribution in [0.25, 0.3) is 163 Å². The molecule has 0 amide bonds. The Morgan fingerprint density at radius 2 is 0.487 bits per heavy atom. The number of fused-ring (bicyclic) bond motifs is 6. The third kappa shape index (κ3) is 12.3. The molecule has 0 unspecified atom stereocenters. The lowest BCUT2D eigenvalue weighted by molar-refractivity contribution is 0.906. The molecule has 0 radical (unpaired) electrons. The van der Waals surface area contributed by atoms with Gasteiger partial charge in [-0.2, -0.15) is 9.97 Å². The van der Waals surface area contributed by atoms with Crippen LogP contribution in [0.1, 0.15) is 11.6 Å². The first-order valence-electron chi connectivity index (χ1n) is 39.8. The summed E-state index contributed by atoms with van der Waals surface area (Å²) < 4.78 is 0. The molecule has 13 nitrogen and oxygen atoms in total. The molecule has 0 aliphatic rings. The van der Waals surface area contributed by atoms with Gasteiger partial charge in [-0.25, -0.2) is 15.0 Å². The molecule has 0 bridgehead atoms. The molecule has 24 aromatic rings. The molecule has 558 valence electrons. The molecule has 13 heteroatoms. The minimum Gasteiger partial charge on any atom is -0.310 e. The summed E-state index contributed by atoms with van der Waals surface area (Å²) in [6, 6.07) is 116. The van der Waals surface area contributed by atoms with Gasteiger partial charge < -0.3 is 4.90 Å². The van der Waals surface area contributed by atoms with Gasteiger partial charge in [-0.05, 0) is 255 Å². The highest BCUT2D eigenvalue weighted by Crippen LogP contribution is 2.48. The summed E-state index contributed by atoms with van der Waals surface area (Å²) in [7, 11) is 0. The predicted octanol–water partition coefficient (Wildman–Crippen LogP) is 27.2. The van der Waals surface area contributed by atoms with Gasteiger partial charge in [0.05, 0.1) is 16.6 Å². The summed E-state index contributed by atoms with van der Waals surface area (Å²) in [5, 5.41) is 26.1. The number of aryl methyl sites for hydroxylation is 2. The van der Waals surface area contributed by atoms with E-state index in [1.807, 2.05) is 142 Å². The standard InChI is InChI=1S/C36H25N5.2C35H22N4/c1-22-38-23(2)40-36(39-22)41(28-8-4-3-5-9-28)29-15-12-24(13-16-29)30-17-14-25-10-11-26-21-27-7-6-20-37-35(27)32-19-18-31(30)33(25)34(26)32;1-2-26-22-25-4-3-24-7-10-30(31-11-12-32(34(25)33(24)31)35(26)38-17-1)23-5-8-27(9-6-23)39(28-13-18-36-19-14-28)29-15-20-37-21-16-29;1-2-7-27(8-3-1)39(35-37-20-5-21-38-35)28-14-11-23(12-15-28)29-16-13-24-9-10-25-22-26-6-4-19-36-34(26)31-18-17-30(29)32(24)33(25)31/h3-21H,1-2H3;2*1-22H. The van der Waals surface area contributed by atoms with Crippen LogP contribution in [-0.4, -0.2) is 49.8 Å². The SMILES string of the molecule is Cc1nc(C)nc(N(c2ccccc2)c2ccc(-c3ccc4ccc5cc6cccnc6c6ccc3c4c56)cc2)n1.c1ccc(N(c2ccc(-c3ccc4ccc5cc6cccnc6c6ccc3c4c56)cc2)c2ncccn2)cc1.c1cnc2c(c1)cc1ccc3ccc(-c4ccc(N(c5ccncc5)c5ccncc5)cc4)c4ccc2c1c34. The summed E-state index contributed by atoms with van der Waals surface area (Å²) in [4.78, 5) is 51.8. The first-order chi connectivity index (χ1) is 58.8. The van der Waals surface area contributed by atoms with Crippen LogP contribution in [-0.2, 0) is 0 Å². The molecule has 0 saturated carbocycles. The van der Waals surface area contributed by atoms with E-state index in [9.17, 15) is 0 Å². The monoisotopic (exact) mass is 1520 g/mol. The van der Waals surface area contributed by atoms with Gasteiger partial charge in [0.1, 0.15) is 11.6 Å². The number of rotatable bonds is 12. The highest BCUT2D eigenvalue weighted by Gasteiger charge is 2.23. The maximum atomic E-state index is 4.74.